The van der Waals surface area contributed by atoms with Gasteiger partial charge in [-0.2, -0.15) is 16.8 Å². The van der Waals surface area contributed by atoms with Gasteiger partial charge in [0.05, 0.1) is 14.7 Å². The molecule has 0 unspecified atom stereocenters. The molecule has 0 atom stereocenters. The molecule has 0 amide bonds. The summed E-state index contributed by atoms with van der Waals surface area (Å²) in [5, 5.41) is 0. The quantitative estimate of drug-likeness (QED) is 0.140. The van der Waals surface area contributed by atoms with Gasteiger partial charge >= 0.3 is 0 Å². The molecule has 4 aromatic carbocycles. The van der Waals surface area contributed by atoms with E-state index in [0.29, 0.717) is 6.42 Å². The zero-order valence-electron chi connectivity index (χ0n) is 26.9. The van der Waals surface area contributed by atoms with Crippen LogP contribution in [-0.4, -0.2) is 40.0 Å². The van der Waals surface area contributed by atoms with E-state index in [-0.39, 0.29) is 22.7 Å². The highest BCUT2D eigenvalue weighted by atomic mass is 32.2. The van der Waals surface area contributed by atoms with Gasteiger partial charge in [0, 0.05) is 0 Å². The van der Waals surface area contributed by atoms with Crippen molar-refractivity contribution in [2.45, 2.75) is 85.0 Å². The topological polar surface area (TPSA) is 161 Å². The first-order valence-electron chi connectivity index (χ1n) is 14.7. The summed E-state index contributed by atoms with van der Waals surface area (Å²) in [4.78, 5) is -2.44. The van der Waals surface area contributed by atoms with E-state index >= 15 is 0 Å². The number of benzene rings is 4. The van der Waals surface area contributed by atoms with Crippen molar-refractivity contribution in [2.75, 3.05) is 0 Å². The van der Waals surface area contributed by atoms with Crippen LogP contribution < -0.4 is 9.47 Å². The largest absolute Gasteiger partial charge is 0.488 e. The molecule has 252 valence electrons. The lowest BCUT2D eigenvalue weighted by atomic mass is 9.82. The number of ether oxygens (including phenoxy) is 2. The second kappa shape index (κ2) is 13.0. The maximum absolute atomic E-state index is 13.6. The van der Waals surface area contributed by atoms with Crippen molar-refractivity contribution >= 4 is 30.1 Å². The Morgan fingerprint density at radius 3 is 1.53 bits per heavy atom. The first-order chi connectivity index (χ1) is 21.7. The SMILES string of the molecule is CCC(C)(C)Oc1ccc(-c2ccc(Oc3ccc(S(=O)(=O)c4ccc(C(C)(C)CC)c(S(=O)(=O)O)c4)cc3S(=O)(=O)O)cc2)cc1. The molecule has 13 heteroatoms. The lowest BCUT2D eigenvalue weighted by Gasteiger charge is -2.25. The third-order valence-corrected chi connectivity index (χ3v) is 11.7. The number of rotatable bonds is 12. The molecule has 0 aliphatic rings. The molecule has 0 saturated heterocycles. The molecule has 0 aliphatic heterocycles. The molecule has 0 spiro atoms. The van der Waals surface area contributed by atoms with E-state index in [1.54, 1.807) is 38.1 Å². The Morgan fingerprint density at radius 2 is 1.06 bits per heavy atom. The van der Waals surface area contributed by atoms with Gasteiger partial charge in [-0.25, -0.2) is 8.42 Å². The van der Waals surface area contributed by atoms with Crippen LogP contribution in [0.3, 0.4) is 0 Å². The number of hydrogen-bond acceptors (Lipinski definition) is 8. The van der Waals surface area contributed by atoms with Crippen LogP contribution in [0.25, 0.3) is 11.1 Å². The van der Waals surface area contributed by atoms with Crippen LogP contribution in [0.5, 0.6) is 17.2 Å². The Hall–Kier alpha value is -3.75. The van der Waals surface area contributed by atoms with Crippen LogP contribution in [0.4, 0.5) is 0 Å². The van der Waals surface area contributed by atoms with Crippen LogP contribution in [0.1, 0.15) is 59.9 Å². The lowest BCUT2D eigenvalue weighted by Crippen LogP contribution is -2.26. The minimum Gasteiger partial charge on any atom is -0.488 e. The Labute approximate surface area is 276 Å². The Balaban J connectivity index is 1.65. The van der Waals surface area contributed by atoms with Gasteiger partial charge < -0.3 is 9.47 Å². The standard InChI is InChI=1S/C34H38O10S3/c1-7-33(3,4)29-19-17-27(21-31(29)46(37,38)39)45(35,36)28-18-20-30(32(22-28)47(40,41)42)43-25-13-9-23(10-14-25)24-11-15-26(16-12-24)44-34(5,6)8-2/h9-22H,7-8H2,1-6H3,(H,37,38,39)(H,40,41,42). The van der Waals surface area contributed by atoms with Crippen molar-refractivity contribution < 1.29 is 43.8 Å². The van der Waals surface area contributed by atoms with E-state index in [4.69, 9.17) is 9.47 Å². The molecule has 0 heterocycles. The Kier molecular flexibility index (Phi) is 10.0. The van der Waals surface area contributed by atoms with Crippen LogP contribution in [0, 0.1) is 0 Å². The van der Waals surface area contributed by atoms with Gasteiger partial charge in [-0.15, -0.1) is 0 Å². The van der Waals surface area contributed by atoms with Crippen LogP contribution in [-0.2, 0) is 35.5 Å². The average molecular weight is 703 g/mol. The molecule has 0 bridgehead atoms. The summed E-state index contributed by atoms with van der Waals surface area (Å²) >= 11 is 0. The number of sulfone groups is 1. The van der Waals surface area contributed by atoms with E-state index in [1.165, 1.54) is 12.1 Å². The molecule has 4 aromatic rings. The second-order valence-corrected chi connectivity index (χ2v) is 17.1. The summed E-state index contributed by atoms with van der Waals surface area (Å²) < 4.78 is 108. The maximum atomic E-state index is 13.6. The predicted molar refractivity (Wildman–Crippen MR) is 178 cm³/mol. The molecular weight excluding hydrogens is 665 g/mol. The van der Waals surface area contributed by atoms with Crippen LogP contribution in [0.15, 0.2) is 105 Å². The van der Waals surface area contributed by atoms with Crippen molar-refractivity contribution in [3.05, 3.63) is 90.5 Å². The van der Waals surface area contributed by atoms with Crippen LogP contribution >= 0.6 is 0 Å². The van der Waals surface area contributed by atoms with Crippen molar-refractivity contribution in [1.29, 1.82) is 0 Å². The highest BCUT2D eigenvalue weighted by molar-refractivity contribution is 7.91. The first kappa shape index (κ1) is 36.1. The van der Waals surface area contributed by atoms with Gasteiger partial charge in [-0.3, -0.25) is 9.11 Å². The molecule has 47 heavy (non-hydrogen) atoms. The maximum Gasteiger partial charge on any atom is 0.298 e. The zero-order valence-corrected chi connectivity index (χ0v) is 29.3. The van der Waals surface area contributed by atoms with Crippen molar-refractivity contribution in [3.63, 3.8) is 0 Å². The fourth-order valence-corrected chi connectivity index (χ4v) is 7.66. The molecule has 0 radical (unpaired) electrons. The summed E-state index contributed by atoms with van der Waals surface area (Å²) in [7, 11) is -14.3. The molecule has 4 rings (SSSR count). The third kappa shape index (κ3) is 8.22. The fourth-order valence-electron chi connectivity index (χ4n) is 4.66. The van der Waals surface area contributed by atoms with Gasteiger partial charge in [0.25, 0.3) is 20.2 Å². The molecule has 0 fully saturated rings. The smallest absolute Gasteiger partial charge is 0.298 e. The summed E-state index contributed by atoms with van der Waals surface area (Å²) in [6, 6.07) is 20.5. The Morgan fingerprint density at radius 1 is 0.596 bits per heavy atom. The first-order valence-corrected chi connectivity index (χ1v) is 19.1. The minimum absolute atomic E-state index is 0.214. The van der Waals surface area contributed by atoms with E-state index < -0.39 is 55.1 Å². The second-order valence-electron chi connectivity index (χ2n) is 12.3. The summed E-state index contributed by atoms with van der Waals surface area (Å²) in [6.45, 7) is 11.4. The van der Waals surface area contributed by atoms with Gasteiger partial charge in [-0.05, 0) is 103 Å². The van der Waals surface area contributed by atoms with E-state index in [1.807, 2.05) is 52.0 Å². The molecular formula is C34H38O10S3. The normalized spacial score (nSPS) is 12.9. The Bertz CT molecular complexity index is 2100. The van der Waals surface area contributed by atoms with Gasteiger partial charge in [0.15, 0.2) is 0 Å². The molecule has 0 aliphatic carbocycles. The summed E-state index contributed by atoms with van der Waals surface area (Å²) in [5.41, 5.74) is 0.946. The molecule has 0 saturated carbocycles. The predicted octanol–water partition coefficient (Wildman–Crippen LogP) is 7.73. The molecule has 0 aromatic heterocycles. The van der Waals surface area contributed by atoms with Gasteiger partial charge in [0.1, 0.15) is 27.7 Å². The summed E-state index contributed by atoms with van der Waals surface area (Å²) in [6.07, 6.45) is 1.33. The van der Waals surface area contributed by atoms with Crippen molar-refractivity contribution in [1.82, 2.24) is 0 Å². The zero-order chi connectivity index (χ0) is 35.0. The monoisotopic (exact) mass is 702 g/mol. The summed E-state index contributed by atoms with van der Waals surface area (Å²) in [5.74, 6) is 0.615. The van der Waals surface area contributed by atoms with Crippen molar-refractivity contribution in [3.8, 4) is 28.4 Å². The van der Waals surface area contributed by atoms with E-state index in [2.05, 4.69) is 0 Å². The third-order valence-electron chi connectivity index (χ3n) is 8.17. The number of hydrogen-bond donors (Lipinski definition) is 2. The average Bonchev–Trinajstić information content (AvgIpc) is 3.00. The highest BCUT2D eigenvalue weighted by Gasteiger charge is 2.31. The lowest BCUT2D eigenvalue weighted by molar-refractivity contribution is 0.105. The molecule has 10 nitrogen and oxygen atoms in total. The molecule has 2 N–H and O–H groups in total. The van der Waals surface area contributed by atoms with Gasteiger partial charge in [-0.1, -0.05) is 58.0 Å². The fraction of sp³-hybridized carbons (Fsp3) is 0.294. The highest BCUT2D eigenvalue weighted by Crippen LogP contribution is 2.37. The van der Waals surface area contributed by atoms with Crippen LogP contribution in [0.2, 0.25) is 0 Å². The van der Waals surface area contributed by atoms with E-state index in [0.717, 1.165) is 47.6 Å². The van der Waals surface area contributed by atoms with Gasteiger partial charge in [0.2, 0.25) is 9.84 Å². The van der Waals surface area contributed by atoms with Crippen molar-refractivity contribution in [2.24, 2.45) is 0 Å². The minimum atomic E-state index is -4.99. The van der Waals surface area contributed by atoms with E-state index in [9.17, 15) is 34.4 Å².